The quantitative estimate of drug-likeness (QED) is 0.574. The van der Waals surface area contributed by atoms with Crippen molar-refractivity contribution >= 4 is 37.4 Å². The lowest BCUT2D eigenvalue weighted by molar-refractivity contribution is 0.346. The van der Waals surface area contributed by atoms with Crippen molar-refractivity contribution < 1.29 is 8.42 Å². The number of aromatic nitrogens is 2. The van der Waals surface area contributed by atoms with Gasteiger partial charge in [-0.25, -0.2) is 18.4 Å². The minimum absolute atomic E-state index is 0.249. The highest BCUT2D eigenvalue weighted by molar-refractivity contribution is 7.89. The molecule has 3 N–H and O–H groups in total. The molecule has 0 bridgehead atoms. The van der Waals surface area contributed by atoms with Crippen molar-refractivity contribution in [2.45, 2.75) is 43.0 Å². The van der Waals surface area contributed by atoms with E-state index in [9.17, 15) is 8.42 Å². The van der Waals surface area contributed by atoms with Crippen LogP contribution in [-0.2, 0) is 10.0 Å². The molecule has 0 aliphatic carbocycles. The summed E-state index contributed by atoms with van der Waals surface area (Å²) in [5.74, 6) is 7.39. The van der Waals surface area contributed by atoms with Crippen LogP contribution in [0.1, 0.15) is 37.0 Å². The number of nitrogens with zero attached hydrogens (tertiary/aromatic N) is 3. The summed E-state index contributed by atoms with van der Waals surface area (Å²) in [5, 5.41) is 3.37. The molecule has 166 valence electrons. The van der Waals surface area contributed by atoms with E-state index in [0.29, 0.717) is 29.6 Å². The molecule has 2 aliphatic rings. The highest BCUT2D eigenvalue weighted by Crippen LogP contribution is 2.31. The summed E-state index contributed by atoms with van der Waals surface area (Å²) in [4.78, 5) is 10.3. The summed E-state index contributed by atoms with van der Waals surface area (Å²) in [6.07, 6.45) is 5.14. The molecule has 3 aromatic rings. The monoisotopic (exact) mass is 467 g/mol. The molecule has 0 amide bonds. The SMILES string of the molecule is Nc1nc(-c2ccc(S(=O)(=O)N3CCCCC3)cc2)nc2cc(C#C[C@H]3CCCN3)sc12. The maximum Gasteiger partial charge on any atom is 0.243 e. The number of thiophene rings is 1. The predicted octanol–water partition coefficient (Wildman–Crippen LogP) is 3.22. The molecule has 9 heteroatoms. The first-order valence-electron chi connectivity index (χ1n) is 10.9. The number of benzene rings is 1. The highest BCUT2D eigenvalue weighted by atomic mass is 32.2. The van der Waals surface area contributed by atoms with Crippen LogP contribution in [0, 0.1) is 11.8 Å². The molecule has 2 aromatic heterocycles. The van der Waals surface area contributed by atoms with Crippen molar-refractivity contribution in [3.63, 3.8) is 0 Å². The highest BCUT2D eigenvalue weighted by Gasteiger charge is 2.26. The fourth-order valence-electron chi connectivity index (χ4n) is 4.14. The molecule has 7 nitrogen and oxygen atoms in total. The summed E-state index contributed by atoms with van der Waals surface area (Å²) in [5.41, 5.74) is 7.70. The van der Waals surface area contributed by atoms with Crippen molar-refractivity contribution in [2.75, 3.05) is 25.4 Å². The van der Waals surface area contributed by atoms with Crippen LogP contribution in [0.4, 0.5) is 5.82 Å². The number of rotatable bonds is 3. The molecular formula is C23H25N5O2S2. The van der Waals surface area contributed by atoms with E-state index >= 15 is 0 Å². The van der Waals surface area contributed by atoms with E-state index in [4.69, 9.17) is 5.73 Å². The lowest BCUT2D eigenvalue weighted by atomic mass is 10.2. The van der Waals surface area contributed by atoms with Crippen LogP contribution >= 0.6 is 11.3 Å². The third kappa shape index (κ3) is 4.24. The number of nitrogens with one attached hydrogen (secondary N) is 1. The summed E-state index contributed by atoms with van der Waals surface area (Å²) < 4.78 is 28.2. The number of fused-ring (bicyclic) bond motifs is 1. The topological polar surface area (TPSA) is 101 Å². The van der Waals surface area contributed by atoms with Crippen molar-refractivity contribution in [3.8, 4) is 23.2 Å². The zero-order valence-corrected chi connectivity index (χ0v) is 19.3. The molecule has 0 spiro atoms. The molecule has 5 rings (SSSR count). The standard InChI is InChI=1S/C23H25N5O2S2/c24-22-21-20(15-18(31-21)9-8-17-5-4-12-25-17)26-23(27-22)16-6-10-19(11-7-16)32(29,30)28-13-2-1-3-14-28/h6-7,10-11,15,17,25H,1-5,12-14H2,(H2,24,26,27)/t17-/m1/s1. The number of hydrogen-bond donors (Lipinski definition) is 2. The van der Waals surface area contributed by atoms with Gasteiger partial charge in [0.1, 0.15) is 5.82 Å². The van der Waals surface area contributed by atoms with Gasteiger partial charge in [0, 0.05) is 18.7 Å². The van der Waals surface area contributed by atoms with Crippen LogP contribution in [0.15, 0.2) is 35.2 Å². The van der Waals surface area contributed by atoms with Gasteiger partial charge in [0.05, 0.1) is 26.0 Å². The maximum absolute atomic E-state index is 12.9. The zero-order chi connectivity index (χ0) is 22.1. The molecule has 0 unspecified atom stereocenters. The Labute approximate surface area is 192 Å². The second-order valence-electron chi connectivity index (χ2n) is 8.16. The van der Waals surface area contributed by atoms with Crippen LogP contribution in [0.2, 0.25) is 0 Å². The van der Waals surface area contributed by atoms with E-state index < -0.39 is 10.0 Å². The molecule has 0 radical (unpaired) electrons. The van der Waals surface area contributed by atoms with Gasteiger partial charge < -0.3 is 11.1 Å². The number of nitrogen functional groups attached to an aromatic ring is 1. The second kappa shape index (κ2) is 8.79. The Morgan fingerprint density at radius 3 is 2.59 bits per heavy atom. The Kier molecular flexibility index (Phi) is 5.86. The van der Waals surface area contributed by atoms with Gasteiger partial charge in [0.25, 0.3) is 0 Å². The van der Waals surface area contributed by atoms with Crippen molar-refractivity contribution in [3.05, 3.63) is 35.2 Å². The summed E-state index contributed by atoms with van der Waals surface area (Å²) in [7, 11) is -3.46. The summed E-state index contributed by atoms with van der Waals surface area (Å²) >= 11 is 1.50. The Hall–Kier alpha value is -2.51. The van der Waals surface area contributed by atoms with Crippen molar-refractivity contribution in [1.82, 2.24) is 19.6 Å². The fourth-order valence-corrected chi connectivity index (χ4v) is 6.52. The Balaban J connectivity index is 1.41. The molecule has 1 atom stereocenters. The first-order valence-corrected chi connectivity index (χ1v) is 13.2. The van der Waals surface area contributed by atoms with Gasteiger partial charge in [-0.05, 0) is 62.6 Å². The smallest absolute Gasteiger partial charge is 0.243 e. The molecule has 1 aromatic carbocycles. The van der Waals surface area contributed by atoms with Crippen LogP contribution in [-0.4, -0.2) is 48.4 Å². The minimum Gasteiger partial charge on any atom is -0.382 e. The van der Waals surface area contributed by atoms with Gasteiger partial charge in [0.2, 0.25) is 10.0 Å². The molecule has 4 heterocycles. The lowest BCUT2D eigenvalue weighted by Gasteiger charge is -2.25. The van der Waals surface area contributed by atoms with E-state index in [0.717, 1.165) is 59.3 Å². The first-order chi connectivity index (χ1) is 15.5. The molecule has 0 saturated carbocycles. The molecular weight excluding hydrogens is 442 g/mol. The number of piperidine rings is 1. The van der Waals surface area contributed by atoms with E-state index in [1.165, 1.54) is 11.3 Å². The molecule has 2 fully saturated rings. The summed E-state index contributed by atoms with van der Waals surface area (Å²) in [6.45, 7) is 2.19. The predicted molar refractivity (Wildman–Crippen MR) is 128 cm³/mol. The zero-order valence-electron chi connectivity index (χ0n) is 17.7. The maximum atomic E-state index is 12.9. The van der Waals surface area contributed by atoms with Crippen LogP contribution in [0.25, 0.3) is 21.6 Å². The second-order valence-corrected chi connectivity index (χ2v) is 11.2. The molecule has 2 aliphatic heterocycles. The average molecular weight is 468 g/mol. The van der Waals surface area contributed by atoms with Crippen LogP contribution < -0.4 is 11.1 Å². The summed E-state index contributed by atoms with van der Waals surface area (Å²) in [6, 6.07) is 8.94. The molecule has 2 saturated heterocycles. The Morgan fingerprint density at radius 2 is 1.88 bits per heavy atom. The van der Waals surface area contributed by atoms with Crippen LogP contribution in [0.3, 0.4) is 0 Å². The number of nitrogens with two attached hydrogens (primary N) is 1. The molecule has 32 heavy (non-hydrogen) atoms. The normalized spacial score (nSPS) is 19.7. The van der Waals surface area contributed by atoms with Crippen molar-refractivity contribution in [2.24, 2.45) is 0 Å². The van der Waals surface area contributed by atoms with Crippen LogP contribution in [0.5, 0.6) is 0 Å². The Morgan fingerprint density at radius 1 is 1.09 bits per heavy atom. The largest absolute Gasteiger partial charge is 0.382 e. The van der Waals surface area contributed by atoms with Gasteiger partial charge in [-0.1, -0.05) is 18.3 Å². The fraction of sp³-hybridized carbons (Fsp3) is 0.391. The number of sulfonamides is 1. The van der Waals surface area contributed by atoms with E-state index in [1.54, 1.807) is 28.6 Å². The third-order valence-electron chi connectivity index (χ3n) is 5.89. The van der Waals surface area contributed by atoms with E-state index in [2.05, 4.69) is 27.1 Å². The minimum atomic E-state index is -3.46. The lowest BCUT2D eigenvalue weighted by Crippen LogP contribution is -2.35. The van der Waals surface area contributed by atoms with E-state index in [1.807, 2.05) is 6.07 Å². The van der Waals surface area contributed by atoms with E-state index in [-0.39, 0.29) is 6.04 Å². The third-order valence-corrected chi connectivity index (χ3v) is 8.87. The van der Waals surface area contributed by atoms with Gasteiger partial charge in [-0.15, -0.1) is 11.3 Å². The Bertz CT molecular complexity index is 1290. The number of anilines is 1. The van der Waals surface area contributed by atoms with Gasteiger partial charge >= 0.3 is 0 Å². The van der Waals surface area contributed by atoms with Crippen molar-refractivity contribution in [1.29, 1.82) is 0 Å². The first kappa shape index (κ1) is 21.3. The average Bonchev–Trinajstić information content (AvgIpc) is 3.48. The van der Waals surface area contributed by atoms with Gasteiger partial charge in [-0.3, -0.25) is 0 Å². The van der Waals surface area contributed by atoms with Gasteiger partial charge in [-0.2, -0.15) is 4.31 Å². The number of hydrogen-bond acceptors (Lipinski definition) is 7. The van der Waals surface area contributed by atoms with Gasteiger partial charge in [0.15, 0.2) is 5.82 Å².